The van der Waals surface area contributed by atoms with E-state index in [9.17, 15) is 14.4 Å². The number of anilines is 1. The Balaban J connectivity index is 1.70. The Morgan fingerprint density at radius 2 is 2.00 bits per heavy atom. The molecular formula is C16H17ClN2O5. The van der Waals surface area contributed by atoms with Gasteiger partial charge in [0.05, 0.1) is 29.8 Å². The molecule has 0 bridgehead atoms. The summed E-state index contributed by atoms with van der Waals surface area (Å²) in [6.45, 7) is 0.762. The fraction of sp³-hybridized carbons (Fsp3) is 0.438. The number of carboxylic acids is 1. The first-order chi connectivity index (χ1) is 11.5. The van der Waals surface area contributed by atoms with Gasteiger partial charge in [0.1, 0.15) is 0 Å². The van der Waals surface area contributed by atoms with Gasteiger partial charge in [0.2, 0.25) is 11.8 Å². The highest BCUT2D eigenvalue weighted by Gasteiger charge is 2.39. The normalized spacial score (nSPS) is 24.3. The van der Waals surface area contributed by atoms with Crippen molar-refractivity contribution in [1.29, 1.82) is 0 Å². The molecule has 0 aliphatic carbocycles. The minimum absolute atomic E-state index is 0.00491. The smallest absolute Gasteiger partial charge is 0.334 e. The predicted octanol–water partition coefficient (Wildman–Crippen LogP) is 1.00. The highest BCUT2D eigenvalue weighted by Crippen LogP contribution is 2.31. The average molecular weight is 353 g/mol. The first kappa shape index (κ1) is 16.7. The number of benzene rings is 1. The molecule has 2 amide bonds. The molecule has 2 saturated heterocycles. The zero-order valence-electron chi connectivity index (χ0n) is 12.9. The van der Waals surface area contributed by atoms with E-state index in [1.165, 1.54) is 9.80 Å². The number of hydrogen-bond acceptors (Lipinski definition) is 4. The number of amides is 2. The van der Waals surface area contributed by atoms with Crippen LogP contribution in [0.15, 0.2) is 24.3 Å². The monoisotopic (exact) mass is 352 g/mol. The summed E-state index contributed by atoms with van der Waals surface area (Å²) in [4.78, 5) is 38.9. The first-order valence-electron chi connectivity index (χ1n) is 7.65. The molecule has 0 radical (unpaired) electrons. The van der Waals surface area contributed by atoms with Gasteiger partial charge in [0, 0.05) is 19.5 Å². The fourth-order valence-corrected chi connectivity index (χ4v) is 3.27. The lowest BCUT2D eigenvalue weighted by Crippen LogP contribution is -2.50. The maximum absolute atomic E-state index is 12.6. The van der Waals surface area contributed by atoms with Gasteiger partial charge in [-0.25, -0.2) is 4.79 Å². The molecule has 2 fully saturated rings. The van der Waals surface area contributed by atoms with Gasteiger partial charge < -0.3 is 19.6 Å². The summed E-state index contributed by atoms with van der Waals surface area (Å²) in [6, 6.07) is 6.99. The van der Waals surface area contributed by atoms with Crippen LogP contribution in [0.1, 0.15) is 6.42 Å². The van der Waals surface area contributed by atoms with Gasteiger partial charge in [-0.1, -0.05) is 23.7 Å². The van der Waals surface area contributed by atoms with Crippen LogP contribution < -0.4 is 4.90 Å². The van der Waals surface area contributed by atoms with E-state index < -0.39 is 18.0 Å². The number of halogens is 1. The van der Waals surface area contributed by atoms with Crippen molar-refractivity contribution in [3.05, 3.63) is 29.3 Å². The summed E-state index contributed by atoms with van der Waals surface area (Å²) < 4.78 is 5.12. The second-order valence-corrected chi connectivity index (χ2v) is 6.25. The second-order valence-electron chi connectivity index (χ2n) is 5.84. The Kier molecular flexibility index (Phi) is 4.73. The number of morpholine rings is 1. The lowest BCUT2D eigenvalue weighted by Gasteiger charge is -2.32. The number of carboxylic acid groups (broad SMARTS) is 1. The van der Waals surface area contributed by atoms with Crippen molar-refractivity contribution in [2.24, 2.45) is 5.92 Å². The number of para-hydroxylation sites is 1. The van der Waals surface area contributed by atoms with E-state index in [2.05, 4.69) is 0 Å². The van der Waals surface area contributed by atoms with E-state index in [1.54, 1.807) is 24.3 Å². The zero-order chi connectivity index (χ0) is 17.3. The Hall–Kier alpha value is -2.12. The van der Waals surface area contributed by atoms with Crippen LogP contribution in [0.3, 0.4) is 0 Å². The number of nitrogens with zero attached hydrogens (tertiary/aromatic N) is 2. The maximum Gasteiger partial charge on any atom is 0.334 e. The summed E-state index contributed by atoms with van der Waals surface area (Å²) in [5, 5.41) is 9.48. The lowest BCUT2D eigenvalue weighted by atomic mass is 10.1. The van der Waals surface area contributed by atoms with Gasteiger partial charge >= 0.3 is 5.97 Å². The molecule has 24 heavy (non-hydrogen) atoms. The number of rotatable bonds is 3. The maximum atomic E-state index is 12.6. The summed E-state index contributed by atoms with van der Waals surface area (Å²) >= 11 is 6.13. The van der Waals surface area contributed by atoms with Crippen LogP contribution in [0.2, 0.25) is 5.02 Å². The van der Waals surface area contributed by atoms with E-state index in [4.69, 9.17) is 21.4 Å². The van der Waals surface area contributed by atoms with Gasteiger partial charge in [-0.2, -0.15) is 0 Å². The van der Waals surface area contributed by atoms with Gasteiger partial charge in [0.15, 0.2) is 6.10 Å². The number of carbonyl (C=O) groups excluding carboxylic acids is 2. The summed E-state index contributed by atoms with van der Waals surface area (Å²) in [6.07, 6.45) is -0.918. The van der Waals surface area contributed by atoms with Crippen LogP contribution in [-0.4, -0.2) is 60.1 Å². The van der Waals surface area contributed by atoms with E-state index in [0.717, 1.165) is 0 Å². The number of hydrogen-bond donors (Lipinski definition) is 1. The molecule has 1 aromatic rings. The van der Waals surface area contributed by atoms with Crippen molar-refractivity contribution < 1.29 is 24.2 Å². The standard InChI is InChI=1S/C16H17ClN2O5/c17-11-3-1-2-4-12(11)19-8-10(7-14(19)20)15(21)18-5-6-24-13(9-18)16(22)23/h1-4,10,13H,5-9H2,(H,22,23)/t10-,13-/m0/s1. The predicted molar refractivity (Wildman–Crippen MR) is 85.9 cm³/mol. The highest BCUT2D eigenvalue weighted by atomic mass is 35.5. The summed E-state index contributed by atoms with van der Waals surface area (Å²) in [7, 11) is 0. The minimum Gasteiger partial charge on any atom is -0.479 e. The van der Waals surface area contributed by atoms with Crippen molar-refractivity contribution in [2.75, 3.05) is 31.1 Å². The average Bonchev–Trinajstić information content (AvgIpc) is 2.96. The molecule has 0 saturated carbocycles. The number of aliphatic carboxylic acids is 1. The van der Waals surface area contributed by atoms with Crippen LogP contribution in [-0.2, 0) is 19.1 Å². The Morgan fingerprint density at radius 1 is 1.25 bits per heavy atom. The third-order valence-corrected chi connectivity index (χ3v) is 4.59. The lowest BCUT2D eigenvalue weighted by molar-refractivity contribution is -0.160. The molecule has 0 aromatic heterocycles. The Morgan fingerprint density at radius 3 is 2.71 bits per heavy atom. The fourth-order valence-electron chi connectivity index (χ4n) is 3.03. The van der Waals surface area contributed by atoms with Crippen molar-refractivity contribution in [3.8, 4) is 0 Å². The molecule has 0 spiro atoms. The van der Waals surface area contributed by atoms with Crippen LogP contribution in [0, 0.1) is 5.92 Å². The van der Waals surface area contributed by atoms with Crippen LogP contribution in [0.4, 0.5) is 5.69 Å². The van der Waals surface area contributed by atoms with Crippen molar-refractivity contribution in [1.82, 2.24) is 4.90 Å². The largest absolute Gasteiger partial charge is 0.479 e. The molecule has 3 rings (SSSR count). The van der Waals surface area contributed by atoms with Crippen LogP contribution in [0.25, 0.3) is 0 Å². The van der Waals surface area contributed by atoms with Gasteiger partial charge in [-0.3, -0.25) is 9.59 Å². The van der Waals surface area contributed by atoms with Crippen LogP contribution in [0.5, 0.6) is 0 Å². The summed E-state index contributed by atoms with van der Waals surface area (Å²) in [5.74, 6) is -1.97. The van der Waals surface area contributed by atoms with Gasteiger partial charge in [0.25, 0.3) is 0 Å². The number of ether oxygens (including phenoxy) is 1. The third-order valence-electron chi connectivity index (χ3n) is 4.27. The Labute approximate surface area is 143 Å². The molecule has 0 unspecified atom stereocenters. The third kappa shape index (κ3) is 3.22. The van der Waals surface area contributed by atoms with E-state index in [0.29, 0.717) is 17.3 Å². The topological polar surface area (TPSA) is 87.2 Å². The van der Waals surface area contributed by atoms with Crippen molar-refractivity contribution >= 4 is 35.1 Å². The zero-order valence-corrected chi connectivity index (χ0v) is 13.6. The molecule has 1 aromatic carbocycles. The van der Waals surface area contributed by atoms with E-state index in [1.807, 2.05) is 0 Å². The highest BCUT2D eigenvalue weighted by molar-refractivity contribution is 6.33. The molecule has 2 heterocycles. The molecule has 7 nitrogen and oxygen atoms in total. The minimum atomic E-state index is -1.09. The molecule has 8 heteroatoms. The first-order valence-corrected chi connectivity index (χ1v) is 8.03. The van der Waals surface area contributed by atoms with Crippen LogP contribution >= 0.6 is 11.6 Å². The van der Waals surface area contributed by atoms with Crippen molar-refractivity contribution in [3.63, 3.8) is 0 Å². The van der Waals surface area contributed by atoms with E-state index in [-0.39, 0.29) is 37.9 Å². The molecule has 1 N–H and O–H groups in total. The molecular weight excluding hydrogens is 336 g/mol. The summed E-state index contributed by atoms with van der Waals surface area (Å²) in [5.41, 5.74) is 0.588. The van der Waals surface area contributed by atoms with Gasteiger partial charge in [-0.05, 0) is 12.1 Å². The van der Waals surface area contributed by atoms with E-state index >= 15 is 0 Å². The molecule has 2 aliphatic heterocycles. The molecule has 2 atom stereocenters. The number of carbonyl (C=O) groups is 3. The molecule has 2 aliphatic rings. The van der Waals surface area contributed by atoms with Crippen molar-refractivity contribution in [2.45, 2.75) is 12.5 Å². The van der Waals surface area contributed by atoms with Gasteiger partial charge in [-0.15, -0.1) is 0 Å². The second kappa shape index (κ2) is 6.78. The Bertz CT molecular complexity index is 680. The molecule has 128 valence electrons. The SMILES string of the molecule is O=C(O)[C@@H]1CN(C(=O)[C@H]2CC(=O)N(c3ccccc3Cl)C2)CCO1. The quantitative estimate of drug-likeness (QED) is 0.877.